The van der Waals surface area contributed by atoms with Crippen LogP contribution < -0.4 is 9.47 Å². The molecule has 0 aromatic heterocycles. The third kappa shape index (κ3) is 8.39. The van der Waals surface area contributed by atoms with Crippen LogP contribution in [0.5, 0.6) is 23.0 Å². The van der Waals surface area contributed by atoms with Crippen LogP contribution in [0.1, 0.15) is 118 Å². The molecule has 0 aliphatic carbocycles. The van der Waals surface area contributed by atoms with Crippen LogP contribution >= 0.6 is 0 Å². The zero-order valence-electron chi connectivity index (χ0n) is 33.6. The monoisotopic (exact) mass is 722 g/mol. The van der Waals surface area contributed by atoms with E-state index in [0.717, 1.165) is 73.3 Å². The minimum absolute atomic E-state index is 0.111. The minimum atomic E-state index is -0.547. The molecule has 0 saturated carbocycles. The highest BCUT2D eigenvalue weighted by Gasteiger charge is 2.36. The molecule has 4 nitrogen and oxygen atoms in total. The number of benzene rings is 4. The highest BCUT2D eigenvalue weighted by atomic mass is 16.5. The fourth-order valence-electron chi connectivity index (χ4n) is 7.77. The van der Waals surface area contributed by atoms with Gasteiger partial charge in [0.05, 0.1) is 0 Å². The van der Waals surface area contributed by atoms with E-state index < -0.39 is 11.2 Å². The van der Waals surface area contributed by atoms with E-state index in [1.165, 1.54) is 22.3 Å². The highest BCUT2D eigenvalue weighted by Crippen LogP contribution is 2.56. The molecule has 2 aliphatic heterocycles. The van der Waals surface area contributed by atoms with Crippen LogP contribution in [0.15, 0.2) is 107 Å². The molecule has 2 N–H and O–H groups in total. The number of hydrogen-bond donors (Lipinski definition) is 2. The molecular weight excluding hydrogens is 665 g/mol. The van der Waals surface area contributed by atoms with Gasteiger partial charge in [-0.1, -0.05) is 107 Å². The van der Waals surface area contributed by atoms with Crippen LogP contribution in [-0.4, -0.2) is 21.4 Å². The van der Waals surface area contributed by atoms with Gasteiger partial charge in [-0.3, -0.25) is 0 Å². The van der Waals surface area contributed by atoms with Gasteiger partial charge in [0.25, 0.3) is 0 Å². The van der Waals surface area contributed by atoms with Crippen LogP contribution in [0.25, 0.3) is 44.8 Å². The Labute approximate surface area is 322 Å². The number of allylic oxidation sites excluding steroid dienone is 8. The van der Waals surface area contributed by atoms with Gasteiger partial charge in [0, 0.05) is 43.8 Å². The maximum atomic E-state index is 12.2. The molecule has 2 aliphatic rings. The zero-order chi connectivity index (χ0) is 38.6. The molecule has 0 bridgehead atoms. The van der Waals surface area contributed by atoms with Crippen LogP contribution in [-0.2, 0) is 0 Å². The summed E-state index contributed by atoms with van der Waals surface area (Å²) in [6.45, 7) is 17.3. The summed E-state index contributed by atoms with van der Waals surface area (Å²) in [7, 11) is 0. The highest BCUT2D eigenvalue weighted by molar-refractivity contribution is 6.11. The van der Waals surface area contributed by atoms with Gasteiger partial charge in [-0.25, -0.2) is 0 Å². The van der Waals surface area contributed by atoms with Gasteiger partial charge >= 0.3 is 0 Å². The first-order valence-corrected chi connectivity index (χ1v) is 19.7. The van der Waals surface area contributed by atoms with E-state index in [2.05, 4.69) is 104 Å². The smallest absolute Gasteiger partial charge is 0.136 e. The fraction of sp³-hybridized carbons (Fsp3) is 0.360. The van der Waals surface area contributed by atoms with Crippen molar-refractivity contribution >= 4 is 33.7 Å². The summed E-state index contributed by atoms with van der Waals surface area (Å²) >= 11 is 0. The van der Waals surface area contributed by atoms with Crippen molar-refractivity contribution in [3.63, 3.8) is 0 Å². The van der Waals surface area contributed by atoms with E-state index in [1.54, 1.807) is 0 Å². The summed E-state index contributed by atoms with van der Waals surface area (Å²) in [4.78, 5) is 0. The lowest BCUT2D eigenvalue weighted by Gasteiger charge is -2.35. The summed E-state index contributed by atoms with van der Waals surface area (Å²) < 4.78 is 13.9. The molecule has 0 radical (unpaired) electrons. The Bertz CT molecular complexity index is 2080. The van der Waals surface area contributed by atoms with Crippen molar-refractivity contribution in [1.82, 2.24) is 0 Å². The number of phenolic OH excluding ortho intramolecular Hbond substituents is 2. The van der Waals surface area contributed by atoms with Crippen molar-refractivity contribution in [3.05, 3.63) is 118 Å². The molecule has 4 heteroatoms. The summed E-state index contributed by atoms with van der Waals surface area (Å²) in [6, 6.07) is 15.7. The summed E-state index contributed by atoms with van der Waals surface area (Å²) in [5, 5.41) is 27.4. The molecule has 0 saturated heterocycles. The largest absolute Gasteiger partial charge is 0.507 e. The van der Waals surface area contributed by atoms with Gasteiger partial charge in [0.15, 0.2) is 0 Å². The number of aromatic hydroxyl groups is 2. The maximum Gasteiger partial charge on any atom is 0.136 e. The molecule has 2 unspecified atom stereocenters. The van der Waals surface area contributed by atoms with Gasteiger partial charge in [0.2, 0.25) is 0 Å². The molecular formula is C50H58O4. The van der Waals surface area contributed by atoms with Gasteiger partial charge in [-0.15, -0.1) is 0 Å². The maximum absolute atomic E-state index is 12.2. The standard InChI is InChI=1S/C50H58O4/c1-33(2)17-13-19-35(5)21-15-29-49(7)31-27-41-43(45(51)37-23-9-11-25-39(37)47(41)53-49)44-42-28-32-50(8,30-16-22-36(6)20-14-18-34(3)4)54-48(42)40-26-12-10-24-38(40)46(44)52/h9-12,17-18,21-28,31-32,51-52H,13-16,19-20,29-30H2,1-8H3/b35-21+,36-22+. The summed E-state index contributed by atoms with van der Waals surface area (Å²) in [6.07, 6.45) is 25.3. The number of fused-ring (bicyclic) bond motifs is 6. The SMILES string of the molecule is CC(C)=CCC/C(C)=C/CCC1(C)C=Cc2c(-c3c4c(c5ccccc5c3O)OC(C)(CC/C=C(\C)CCC=C(C)C)C=C4)c(O)c3ccccc3c2O1. The average molecular weight is 723 g/mol. The number of ether oxygens (including phenoxy) is 2. The fourth-order valence-corrected chi connectivity index (χ4v) is 7.77. The predicted octanol–water partition coefficient (Wildman–Crippen LogP) is 14.3. The number of rotatable bonds is 13. The van der Waals surface area contributed by atoms with Gasteiger partial charge < -0.3 is 19.7 Å². The Hall–Kier alpha value is -4.96. The molecule has 6 rings (SSSR count). The molecule has 0 spiro atoms. The lowest BCUT2D eigenvalue weighted by atomic mass is 9.83. The van der Waals surface area contributed by atoms with Crippen LogP contribution in [0.3, 0.4) is 0 Å². The first-order chi connectivity index (χ1) is 25.8. The molecule has 4 aromatic rings. The van der Waals surface area contributed by atoms with Gasteiger partial charge in [-0.2, -0.15) is 0 Å². The van der Waals surface area contributed by atoms with Gasteiger partial charge in [0.1, 0.15) is 34.2 Å². The van der Waals surface area contributed by atoms with E-state index in [0.29, 0.717) is 33.4 Å². The quantitative estimate of drug-likeness (QED) is 0.135. The summed E-state index contributed by atoms with van der Waals surface area (Å²) in [5.41, 5.74) is 6.98. The van der Waals surface area contributed by atoms with E-state index in [1.807, 2.05) is 48.5 Å². The molecule has 4 aromatic carbocycles. The van der Waals surface area contributed by atoms with E-state index in [-0.39, 0.29) is 11.5 Å². The Morgan fingerprint density at radius 3 is 1.28 bits per heavy atom. The predicted molar refractivity (Wildman–Crippen MR) is 230 cm³/mol. The molecule has 0 fully saturated rings. The van der Waals surface area contributed by atoms with E-state index >= 15 is 0 Å². The first kappa shape index (κ1) is 38.8. The lowest BCUT2D eigenvalue weighted by Crippen LogP contribution is -2.32. The Morgan fingerprint density at radius 1 is 0.537 bits per heavy atom. The molecule has 282 valence electrons. The lowest BCUT2D eigenvalue weighted by molar-refractivity contribution is 0.130. The third-order valence-electron chi connectivity index (χ3n) is 10.9. The van der Waals surface area contributed by atoms with E-state index in [4.69, 9.17) is 9.47 Å². The van der Waals surface area contributed by atoms with Crippen molar-refractivity contribution in [3.8, 4) is 34.1 Å². The average Bonchev–Trinajstić information content (AvgIpc) is 3.13. The molecule has 54 heavy (non-hydrogen) atoms. The second-order valence-electron chi connectivity index (χ2n) is 16.3. The Morgan fingerprint density at radius 2 is 0.907 bits per heavy atom. The van der Waals surface area contributed by atoms with Crippen molar-refractivity contribution in [2.45, 2.75) is 118 Å². The number of phenols is 2. The molecule has 2 heterocycles. The zero-order valence-corrected chi connectivity index (χ0v) is 33.6. The van der Waals surface area contributed by atoms with Crippen LogP contribution in [0, 0.1) is 0 Å². The van der Waals surface area contributed by atoms with Crippen LogP contribution in [0.2, 0.25) is 0 Å². The summed E-state index contributed by atoms with van der Waals surface area (Å²) in [5.74, 6) is 1.65. The first-order valence-electron chi connectivity index (χ1n) is 19.7. The molecule has 0 amide bonds. The Kier molecular flexibility index (Phi) is 11.6. The van der Waals surface area contributed by atoms with E-state index in [9.17, 15) is 10.2 Å². The van der Waals surface area contributed by atoms with Crippen molar-refractivity contribution in [2.24, 2.45) is 0 Å². The third-order valence-corrected chi connectivity index (χ3v) is 10.9. The normalized spacial score (nSPS) is 19.3. The topological polar surface area (TPSA) is 58.9 Å². The van der Waals surface area contributed by atoms with Gasteiger partial charge in [-0.05, 0) is 119 Å². The van der Waals surface area contributed by atoms with Crippen molar-refractivity contribution in [2.75, 3.05) is 0 Å². The Balaban J connectivity index is 1.39. The second-order valence-corrected chi connectivity index (χ2v) is 16.3. The van der Waals surface area contributed by atoms with Crippen LogP contribution in [0.4, 0.5) is 0 Å². The van der Waals surface area contributed by atoms with Crippen molar-refractivity contribution in [1.29, 1.82) is 0 Å². The second kappa shape index (κ2) is 16.2. The van der Waals surface area contributed by atoms with Crippen molar-refractivity contribution < 1.29 is 19.7 Å². The number of hydrogen-bond acceptors (Lipinski definition) is 4. The minimum Gasteiger partial charge on any atom is -0.507 e. The molecule has 2 atom stereocenters.